The van der Waals surface area contributed by atoms with Crippen LogP contribution in [-0.4, -0.2) is 67.7 Å². The summed E-state index contributed by atoms with van der Waals surface area (Å²) in [4.78, 5) is 17.5. The Morgan fingerprint density at radius 1 is 1.11 bits per heavy atom. The van der Waals surface area contributed by atoms with Crippen LogP contribution in [-0.2, 0) is 9.53 Å². The highest BCUT2D eigenvalue weighted by atomic mass is 16.5. The van der Waals surface area contributed by atoms with Gasteiger partial charge in [0.15, 0.2) is 0 Å². The van der Waals surface area contributed by atoms with Gasteiger partial charge in [0.25, 0.3) is 0 Å². The molecule has 2 saturated heterocycles. The van der Waals surface area contributed by atoms with E-state index in [2.05, 4.69) is 34.2 Å². The van der Waals surface area contributed by atoms with Crippen LogP contribution >= 0.6 is 0 Å². The van der Waals surface area contributed by atoms with Crippen molar-refractivity contribution < 1.29 is 9.53 Å². The number of morpholine rings is 1. The first-order valence-corrected chi connectivity index (χ1v) is 10.5. The molecule has 2 aliphatic heterocycles. The van der Waals surface area contributed by atoms with Crippen LogP contribution in [0.4, 0.5) is 0 Å². The van der Waals surface area contributed by atoms with E-state index in [1.807, 2.05) is 25.1 Å². The molecule has 0 spiro atoms. The Labute approximate surface area is 164 Å². The lowest BCUT2D eigenvalue weighted by Crippen LogP contribution is -2.49. The van der Waals surface area contributed by atoms with E-state index in [1.165, 1.54) is 25.8 Å². The zero-order valence-electron chi connectivity index (χ0n) is 16.9. The lowest BCUT2D eigenvalue weighted by molar-refractivity contribution is -0.127. The summed E-state index contributed by atoms with van der Waals surface area (Å²) >= 11 is 0. The van der Waals surface area contributed by atoms with Crippen LogP contribution in [0.1, 0.15) is 44.7 Å². The fourth-order valence-electron chi connectivity index (χ4n) is 4.14. The third kappa shape index (κ3) is 6.03. The molecule has 2 atom stereocenters. The minimum absolute atomic E-state index is 0.0483. The first-order valence-electron chi connectivity index (χ1n) is 10.5. The van der Waals surface area contributed by atoms with Crippen molar-refractivity contribution in [1.82, 2.24) is 15.1 Å². The normalized spacial score (nSPS) is 22.3. The first kappa shape index (κ1) is 20.3. The molecule has 1 amide bonds. The van der Waals surface area contributed by atoms with E-state index in [1.54, 1.807) is 0 Å². The third-order valence-corrected chi connectivity index (χ3v) is 6.19. The minimum Gasteiger partial charge on any atom is -0.379 e. The molecule has 27 heavy (non-hydrogen) atoms. The zero-order valence-corrected chi connectivity index (χ0v) is 16.9. The highest BCUT2D eigenvalue weighted by Crippen LogP contribution is 2.23. The van der Waals surface area contributed by atoms with Gasteiger partial charge >= 0.3 is 0 Å². The van der Waals surface area contributed by atoms with Gasteiger partial charge in [0, 0.05) is 13.1 Å². The summed E-state index contributed by atoms with van der Waals surface area (Å²) < 4.78 is 5.42. The maximum atomic E-state index is 12.7. The molecule has 1 N–H and O–H groups in total. The number of carbonyl (C=O) groups excluding carboxylic acids is 1. The number of hydrogen-bond acceptors (Lipinski definition) is 4. The summed E-state index contributed by atoms with van der Waals surface area (Å²) in [7, 11) is 0. The maximum absolute atomic E-state index is 12.7. The average molecular weight is 374 g/mol. The topological polar surface area (TPSA) is 44.8 Å². The molecule has 0 radical (unpaired) electrons. The van der Waals surface area contributed by atoms with Crippen molar-refractivity contribution in [3.05, 3.63) is 35.9 Å². The molecule has 1 aromatic rings. The van der Waals surface area contributed by atoms with Crippen molar-refractivity contribution >= 4 is 5.91 Å². The fourth-order valence-corrected chi connectivity index (χ4v) is 4.14. The number of hydrogen-bond donors (Lipinski definition) is 1. The molecule has 2 unspecified atom stereocenters. The van der Waals surface area contributed by atoms with E-state index < -0.39 is 0 Å². The molecule has 5 heteroatoms. The van der Waals surface area contributed by atoms with Gasteiger partial charge in [-0.3, -0.25) is 14.6 Å². The van der Waals surface area contributed by atoms with Gasteiger partial charge in [0.1, 0.15) is 0 Å². The van der Waals surface area contributed by atoms with Gasteiger partial charge in [-0.25, -0.2) is 0 Å². The Morgan fingerprint density at radius 2 is 1.78 bits per heavy atom. The van der Waals surface area contributed by atoms with Crippen molar-refractivity contribution in [2.75, 3.05) is 45.9 Å². The largest absolute Gasteiger partial charge is 0.379 e. The quantitative estimate of drug-likeness (QED) is 0.798. The summed E-state index contributed by atoms with van der Waals surface area (Å²) in [5.74, 6) is 0.931. The predicted octanol–water partition coefficient (Wildman–Crippen LogP) is 2.69. The Hall–Kier alpha value is -1.43. The average Bonchev–Trinajstić information content (AvgIpc) is 2.73. The number of benzene rings is 1. The van der Waals surface area contributed by atoms with E-state index in [4.69, 9.17) is 4.74 Å². The smallest absolute Gasteiger partial charge is 0.237 e. The molecular weight excluding hydrogens is 338 g/mol. The van der Waals surface area contributed by atoms with Crippen molar-refractivity contribution in [3.8, 4) is 0 Å². The summed E-state index contributed by atoms with van der Waals surface area (Å²) in [6, 6.07) is 10.2. The minimum atomic E-state index is -0.0589. The standard InChI is InChI=1S/C22H35N3O2/c1-18(21-6-4-3-5-7-21)23-22(26)19(2)25-12-9-20(10-13-25)8-11-24-14-16-27-17-15-24/h3-7,18-20H,8-17H2,1-2H3,(H,23,26). The van der Waals surface area contributed by atoms with Gasteiger partial charge in [0.05, 0.1) is 25.3 Å². The molecule has 0 bridgehead atoms. The van der Waals surface area contributed by atoms with Crippen LogP contribution in [0.2, 0.25) is 0 Å². The van der Waals surface area contributed by atoms with Gasteiger partial charge in [-0.15, -0.1) is 0 Å². The van der Waals surface area contributed by atoms with Crippen LogP contribution in [0, 0.1) is 5.92 Å². The van der Waals surface area contributed by atoms with E-state index >= 15 is 0 Å². The Kier molecular flexibility index (Phi) is 7.68. The molecule has 2 heterocycles. The summed E-state index contributed by atoms with van der Waals surface area (Å²) in [5.41, 5.74) is 1.15. The number of ether oxygens (including phenoxy) is 1. The van der Waals surface area contributed by atoms with Crippen molar-refractivity contribution in [2.24, 2.45) is 5.92 Å². The molecule has 2 aliphatic rings. The van der Waals surface area contributed by atoms with E-state index in [0.717, 1.165) is 50.9 Å². The molecule has 150 valence electrons. The molecular formula is C22H35N3O2. The number of nitrogens with zero attached hydrogens (tertiary/aromatic N) is 2. The zero-order chi connectivity index (χ0) is 19.1. The molecule has 0 saturated carbocycles. The van der Waals surface area contributed by atoms with Crippen LogP contribution < -0.4 is 5.32 Å². The van der Waals surface area contributed by atoms with Crippen LogP contribution in [0.5, 0.6) is 0 Å². The number of likely N-dealkylation sites (tertiary alicyclic amines) is 1. The number of piperidine rings is 1. The van der Waals surface area contributed by atoms with Gasteiger partial charge in [-0.2, -0.15) is 0 Å². The first-order chi connectivity index (χ1) is 13.1. The van der Waals surface area contributed by atoms with Gasteiger partial charge in [0.2, 0.25) is 5.91 Å². The summed E-state index contributed by atoms with van der Waals surface area (Å²) in [5, 5.41) is 3.17. The maximum Gasteiger partial charge on any atom is 0.237 e. The van der Waals surface area contributed by atoms with Crippen LogP contribution in [0.15, 0.2) is 30.3 Å². The summed E-state index contributed by atoms with van der Waals surface area (Å²) in [6.45, 7) is 11.3. The monoisotopic (exact) mass is 373 g/mol. The van der Waals surface area contributed by atoms with Gasteiger partial charge in [-0.05, 0) is 64.2 Å². The molecule has 5 nitrogen and oxygen atoms in total. The summed E-state index contributed by atoms with van der Waals surface area (Å²) in [6.07, 6.45) is 3.69. The number of rotatable bonds is 7. The van der Waals surface area contributed by atoms with Crippen molar-refractivity contribution in [2.45, 2.75) is 45.2 Å². The number of carbonyl (C=O) groups is 1. The molecule has 0 aliphatic carbocycles. The second-order valence-corrected chi connectivity index (χ2v) is 8.04. The van der Waals surface area contributed by atoms with Crippen LogP contribution in [0.25, 0.3) is 0 Å². The molecule has 1 aromatic carbocycles. The Bertz CT molecular complexity index is 566. The number of amides is 1. The number of nitrogens with one attached hydrogen (secondary N) is 1. The second kappa shape index (κ2) is 10.2. The Morgan fingerprint density at radius 3 is 2.44 bits per heavy atom. The fraction of sp³-hybridized carbons (Fsp3) is 0.682. The van der Waals surface area contributed by atoms with Gasteiger partial charge < -0.3 is 10.1 Å². The lowest BCUT2D eigenvalue weighted by atomic mass is 9.92. The highest BCUT2D eigenvalue weighted by molar-refractivity contribution is 5.81. The van der Waals surface area contributed by atoms with E-state index in [0.29, 0.717) is 0 Å². The lowest BCUT2D eigenvalue weighted by Gasteiger charge is -2.36. The molecule has 2 fully saturated rings. The third-order valence-electron chi connectivity index (χ3n) is 6.19. The second-order valence-electron chi connectivity index (χ2n) is 8.04. The molecule has 0 aromatic heterocycles. The van der Waals surface area contributed by atoms with Crippen LogP contribution in [0.3, 0.4) is 0 Å². The van der Waals surface area contributed by atoms with Gasteiger partial charge in [-0.1, -0.05) is 30.3 Å². The Balaban J connectivity index is 1.38. The highest BCUT2D eigenvalue weighted by Gasteiger charge is 2.27. The predicted molar refractivity (Wildman–Crippen MR) is 109 cm³/mol. The van der Waals surface area contributed by atoms with Crippen molar-refractivity contribution in [1.29, 1.82) is 0 Å². The SMILES string of the molecule is CC(NC(=O)C(C)N1CCC(CCN2CCOCC2)CC1)c1ccccc1. The molecule has 3 rings (SSSR count). The van der Waals surface area contributed by atoms with Crippen molar-refractivity contribution in [3.63, 3.8) is 0 Å². The van der Waals surface area contributed by atoms with E-state index in [9.17, 15) is 4.79 Å². The van der Waals surface area contributed by atoms with E-state index in [-0.39, 0.29) is 18.0 Å².